The number of fused-ring (bicyclic) bond motifs is 2. The molecule has 2 fully saturated rings. The van der Waals surface area contributed by atoms with E-state index in [1.54, 1.807) is 58.5 Å². The van der Waals surface area contributed by atoms with Crippen molar-refractivity contribution >= 4 is 88.3 Å². The zero-order valence-electron chi connectivity index (χ0n) is 39.6. The van der Waals surface area contributed by atoms with Crippen LogP contribution in [0, 0.1) is 0 Å². The lowest BCUT2D eigenvalue weighted by atomic mass is 10.0. The number of benzene rings is 4. The van der Waals surface area contributed by atoms with Crippen molar-refractivity contribution in [3.05, 3.63) is 153 Å². The van der Waals surface area contributed by atoms with Crippen LogP contribution in [0.15, 0.2) is 118 Å². The summed E-state index contributed by atoms with van der Waals surface area (Å²) in [7, 11) is -7.59. The molecule has 8 aromatic rings. The third-order valence-corrected chi connectivity index (χ3v) is 15.8. The molecule has 0 bridgehead atoms. The molecule has 0 unspecified atom stereocenters. The number of aromatic carboxylic acids is 1. The number of esters is 1. The molecule has 0 radical (unpaired) electrons. The summed E-state index contributed by atoms with van der Waals surface area (Å²) in [5, 5.41) is 25.6. The zero-order valence-corrected chi connectivity index (χ0v) is 42.8. The molecular formula is C50H48N8O12S4. The summed E-state index contributed by atoms with van der Waals surface area (Å²) in [4.78, 5) is 62.2. The molecule has 2 aliphatic rings. The van der Waals surface area contributed by atoms with Crippen molar-refractivity contribution in [2.45, 2.75) is 29.6 Å². The van der Waals surface area contributed by atoms with Crippen LogP contribution < -0.4 is 10.3 Å². The number of primary sulfonamides is 2. The summed E-state index contributed by atoms with van der Waals surface area (Å²) < 4.78 is 66.0. The number of amides is 2. The van der Waals surface area contributed by atoms with Gasteiger partial charge in [-0.25, -0.2) is 46.7 Å². The molecule has 10 rings (SSSR count). The van der Waals surface area contributed by atoms with Crippen LogP contribution in [0.4, 0.5) is 0 Å². The van der Waals surface area contributed by atoms with Crippen molar-refractivity contribution < 1.29 is 55.3 Å². The zero-order chi connectivity index (χ0) is 52.3. The van der Waals surface area contributed by atoms with Crippen molar-refractivity contribution in [3.63, 3.8) is 0 Å². The highest BCUT2D eigenvalue weighted by molar-refractivity contribution is 7.89. The first kappa shape index (κ1) is 51.7. The second kappa shape index (κ2) is 21.7. The predicted molar refractivity (Wildman–Crippen MR) is 275 cm³/mol. The first-order valence-electron chi connectivity index (χ1n) is 23.0. The van der Waals surface area contributed by atoms with Gasteiger partial charge in [-0.15, -0.1) is 22.7 Å². The highest BCUT2D eigenvalue weighted by Crippen LogP contribution is 2.32. The van der Waals surface area contributed by atoms with Crippen LogP contribution in [0.25, 0.3) is 32.1 Å². The van der Waals surface area contributed by atoms with Crippen LogP contribution >= 0.6 is 22.7 Å². The molecule has 6 heterocycles. The second-order valence-corrected chi connectivity index (χ2v) is 21.9. The van der Waals surface area contributed by atoms with E-state index in [9.17, 15) is 41.1 Å². The van der Waals surface area contributed by atoms with Crippen molar-refractivity contribution in [3.8, 4) is 10.3 Å². The van der Waals surface area contributed by atoms with E-state index in [2.05, 4.69) is 9.97 Å². The highest BCUT2D eigenvalue weighted by Gasteiger charge is 2.24. The lowest BCUT2D eigenvalue weighted by Crippen LogP contribution is -2.40. The van der Waals surface area contributed by atoms with E-state index < -0.39 is 32.0 Å². The van der Waals surface area contributed by atoms with Crippen molar-refractivity contribution in [2.75, 3.05) is 59.2 Å². The van der Waals surface area contributed by atoms with Gasteiger partial charge in [0, 0.05) is 71.2 Å². The average molecular weight is 1080 g/mol. The minimum Gasteiger partial charge on any atom is -0.476 e. The molecule has 20 nitrogen and oxygen atoms in total. The molecule has 2 saturated heterocycles. The van der Waals surface area contributed by atoms with E-state index in [1.165, 1.54) is 52.3 Å². The topological polar surface area (TPSA) is 279 Å². The minimum absolute atomic E-state index is 0.0241. The molecule has 2 amide bonds. The maximum Gasteiger partial charge on any atom is 0.357 e. The molecule has 2 aliphatic heterocycles. The van der Waals surface area contributed by atoms with E-state index in [4.69, 9.17) is 24.5 Å². The fraction of sp³-hybridized carbons (Fsp3) is 0.240. The van der Waals surface area contributed by atoms with Crippen LogP contribution in [0.5, 0.6) is 0 Å². The number of hydrogen-bond acceptors (Lipinski definition) is 15. The average Bonchev–Trinajstić information content (AvgIpc) is 4.23. The van der Waals surface area contributed by atoms with E-state index in [-0.39, 0.29) is 39.6 Å². The summed E-state index contributed by atoms with van der Waals surface area (Å²) >= 11 is 2.52. The number of hydrogen-bond donors (Lipinski definition) is 3. The first-order valence-corrected chi connectivity index (χ1v) is 27.9. The van der Waals surface area contributed by atoms with Gasteiger partial charge in [-0.1, -0.05) is 24.3 Å². The minimum atomic E-state index is -3.80. The third kappa shape index (κ3) is 11.5. The summed E-state index contributed by atoms with van der Waals surface area (Å²) in [5.74, 6) is -1.74. The number of nitrogens with two attached hydrogens (primary N) is 2. The molecule has 74 heavy (non-hydrogen) atoms. The van der Waals surface area contributed by atoms with Crippen LogP contribution in [-0.2, 0) is 47.1 Å². The maximum atomic E-state index is 13.2. The van der Waals surface area contributed by atoms with Gasteiger partial charge in [0.25, 0.3) is 11.8 Å². The lowest BCUT2D eigenvalue weighted by Gasteiger charge is -2.26. The van der Waals surface area contributed by atoms with E-state index in [1.807, 2.05) is 45.8 Å². The molecule has 384 valence electrons. The number of aromatic nitrogens is 4. The molecule has 4 aromatic heterocycles. The first-order chi connectivity index (χ1) is 35.4. The monoisotopic (exact) mass is 1080 g/mol. The Hall–Kier alpha value is -7.16. The number of nitrogens with zero attached hydrogens (tertiary/aromatic N) is 6. The number of rotatable bonds is 13. The van der Waals surface area contributed by atoms with Gasteiger partial charge in [0.2, 0.25) is 20.0 Å². The number of carboxylic acids is 1. The molecule has 0 aliphatic carbocycles. The number of morpholine rings is 2. The fourth-order valence-electron chi connectivity index (χ4n) is 8.54. The van der Waals surface area contributed by atoms with Gasteiger partial charge in [0.1, 0.15) is 0 Å². The molecule has 24 heteroatoms. The number of sulfonamides is 2. The standard InChI is InChI=1S/C26H26N4O6S2.C24H22N4O6S2/c1-2-36-25(32)22-16-37-26(28-22)30-15-19(13-17-3-6-20(7-4-17)38(27,33)34)21-14-18(5-8-23(21)30)24(31)29-9-11-35-12-10-29;25-36(32,33)18-4-1-15(2-5-18)11-17-13-28(24-26-20(14-35-24)23(30)31)21-6-3-16(12-19(17)21)22(29)27-7-9-34-10-8-27/h3-8,14-16H,2,9-13H2,1H3,(H2,27,33,34);1-6,12-14H,7-11H2,(H,30,31)(H2,25,32,33). The number of ether oxygens (including phenoxy) is 3. The Labute approximate surface area is 432 Å². The summed E-state index contributed by atoms with van der Waals surface area (Å²) in [6, 6.07) is 23.6. The van der Waals surface area contributed by atoms with E-state index >= 15 is 0 Å². The van der Waals surface area contributed by atoms with Gasteiger partial charge in [-0.3, -0.25) is 18.7 Å². The smallest absolute Gasteiger partial charge is 0.357 e. The van der Waals surface area contributed by atoms with Gasteiger partial charge in [-0.2, -0.15) is 0 Å². The number of carbonyl (C=O) groups is 4. The Bertz CT molecular complexity index is 3650. The third-order valence-electron chi connectivity index (χ3n) is 12.3. The Balaban J connectivity index is 0.000000182. The van der Waals surface area contributed by atoms with Gasteiger partial charge < -0.3 is 29.1 Å². The molecule has 0 saturated carbocycles. The molecular weight excluding hydrogens is 1030 g/mol. The maximum absolute atomic E-state index is 13.2. The Morgan fingerprint density at radius 1 is 0.622 bits per heavy atom. The summed E-state index contributed by atoms with van der Waals surface area (Å²) in [6.07, 6.45) is 4.71. The van der Waals surface area contributed by atoms with Gasteiger partial charge >= 0.3 is 11.9 Å². The van der Waals surface area contributed by atoms with Crippen LogP contribution in [0.2, 0.25) is 0 Å². The largest absolute Gasteiger partial charge is 0.476 e. The van der Waals surface area contributed by atoms with Crippen LogP contribution in [0.1, 0.15) is 70.9 Å². The van der Waals surface area contributed by atoms with E-state index in [0.29, 0.717) is 86.8 Å². The number of carbonyl (C=O) groups excluding carboxylic acids is 3. The second-order valence-electron chi connectivity index (χ2n) is 17.1. The summed E-state index contributed by atoms with van der Waals surface area (Å²) in [6.45, 7) is 6.15. The number of carboxylic acid groups (broad SMARTS) is 1. The molecule has 0 spiro atoms. The molecule has 4 aromatic carbocycles. The van der Waals surface area contributed by atoms with Gasteiger partial charge in [0.05, 0.1) is 53.9 Å². The predicted octanol–water partition coefficient (Wildman–Crippen LogP) is 5.47. The van der Waals surface area contributed by atoms with Crippen LogP contribution in [-0.4, -0.2) is 134 Å². The van der Waals surface area contributed by atoms with Gasteiger partial charge in [-0.05, 0) is 103 Å². The molecule has 5 N–H and O–H groups in total. The van der Waals surface area contributed by atoms with E-state index in [0.717, 1.165) is 44.1 Å². The van der Waals surface area contributed by atoms with Crippen LogP contribution in [0.3, 0.4) is 0 Å². The Morgan fingerprint density at radius 3 is 1.41 bits per heavy atom. The quantitative estimate of drug-likeness (QED) is 0.121. The SMILES string of the molecule is CCOC(=O)c1csc(-n2cc(Cc3ccc(S(N)(=O)=O)cc3)c3cc(C(=O)N4CCOCC4)ccc32)n1.NS(=O)(=O)c1ccc(Cc2cn(-c3nc(C(=O)O)cs3)c3ccc(C(=O)N4CCOCC4)cc23)cc1. The van der Waals surface area contributed by atoms with Crippen molar-refractivity contribution in [1.29, 1.82) is 0 Å². The normalized spacial score (nSPS) is 14.2. The lowest BCUT2D eigenvalue weighted by molar-refractivity contribution is 0.0301. The fourth-order valence-corrected chi connectivity index (χ4v) is 11.1. The Kier molecular flexibility index (Phi) is 15.2. The number of thiazole rings is 2. The highest BCUT2D eigenvalue weighted by atomic mass is 32.2. The molecule has 0 atom stereocenters. The van der Waals surface area contributed by atoms with Crippen molar-refractivity contribution in [2.24, 2.45) is 10.3 Å². The Morgan fingerprint density at radius 2 is 1.03 bits per heavy atom. The summed E-state index contributed by atoms with van der Waals surface area (Å²) in [5.41, 5.74) is 6.38. The van der Waals surface area contributed by atoms with Gasteiger partial charge in [0.15, 0.2) is 21.7 Å². The van der Waals surface area contributed by atoms with Crippen molar-refractivity contribution in [1.82, 2.24) is 28.9 Å².